The van der Waals surface area contributed by atoms with Gasteiger partial charge in [-0.2, -0.15) is 0 Å². The third kappa shape index (κ3) is 2.40. The van der Waals surface area contributed by atoms with Crippen molar-refractivity contribution in [2.75, 3.05) is 0 Å². The Morgan fingerprint density at radius 3 is 2.65 bits per heavy atom. The third-order valence-electron chi connectivity index (χ3n) is 5.00. The van der Waals surface area contributed by atoms with Gasteiger partial charge in [0.2, 0.25) is 0 Å². The molecule has 116 valence electrons. The first-order chi connectivity index (χ1) is 11.1. The molecule has 0 saturated heterocycles. The van der Waals surface area contributed by atoms with Gasteiger partial charge in [0.1, 0.15) is 0 Å². The summed E-state index contributed by atoms with van der Waals surface area (Å²) < 4.78 is 0. The molecule has 0 aromatic heterocycles. The summed E-state index contributed by atoms with van der Waals surface area (Å²) >= 11 is 0. The fourth-order valence-corrected chi connectivity index (χ4v) is 3.79. The number of hydrogen-bond donors (Lipinski definition) is 2. The zero-order chi connectivity index (χ0) is 16.0. The molecule has 3 atom stereocenters. The second kappa shape index (κ2) is 5.23. The van der Waals surface area contributed by atoms with Crippen molar-refractivity contribution in [1.82, 2.24) is 5.32 Å². The van der Waals surface area contributed by atoms with Crippen LogP contribution in [-0.4, -0.2) is 23.0 Å². The summed E-state index contributed by atoms with van der Waals surface area (Å²) in [5.74, 6) is -0.290. The average molecular weight is 307 g/mol. The number of carboxylic acid groups (broad SMARTS) is 1. The summed E-state index contributed by atoms with van der Waals surface area (Å²) in [6.45, 7) is 0. The second-order valence-electron chi connectivity index (χ2n) is 6.31. The minimum atomic E-state index is -1.02. The summed E-state index contributed by atoms with van der Waals surface area (Å²) in [7, 11) is 0. The lowest BCUT2D eigenvalue weighted by atomic mass is 9.92. The molecular weight excluding hydrogens is 290 g/mol. The first-order valence-corrected chi connectivity index (χ1v) is 7.87. The Kier molecular flexibility index (Phi) is 3.18. The predicted octanol–water partition coefficient (Wildman–Crippen LogP) is 2.84. The van der Waals surface area contributed by atoms with Crippen LogP contribution in [0.1, 0.15) is 44.2 Å². The number of aryl methyl sites for hydroxylation is 1. The Bertz CT molecular complexity index is 799. The number of amides is 1. The molecule has 2 aromatic carbocycles. The van der Waals surface area contributed by atoms with Crippen LogP contribution in [0.15, 0.2) is 48.5 Å². The molecule has 0 aliphatic heterocycles. The molecule has 2 aliphatic rings. The highest BCUT2D eigenvalue weighted by molar-refractivity contribution is 5.97. The molecule has 1 saturated carbocycles. The largest absolute Gasteiger partial charge is 0.478 e. The number of nitrogens with one attached hydrogen (secondary N) is 1. The zero-order valence-electron chi connectivity index (χ0n) is 12.5. The number of aromatic carboxylic acids is 1. The first-order valence-electron chi connectivity index (χ1n) is 7.87. The van der Waals surface area contributed by atoms with E-state index in [0.29, 0.717) is 17.4 Å². The van der Waals surface area contributed by atoms with Gasteiger partial charge >= 0.3 is 5.97 Å². The van der Waals surface area contributed by atoms with Crippen LogP contribution in [0.5, 0.6) is 0 Å². The summed E-state index contributed by atoms with van der Waals surface area (Å²) in [6, 6.07) is 14.8. The molecule has 0 spiro atoms. The SMILES string of the molecule is O=C(O)c1cccc(C(=O)NC2C3CCc4ccccc4C32)c1. The molecule has 4 heteroatoms. The minimum Gasteiger partial charge on any atom is -0.478 e. The Labute approximate surface area is 134 Å². The predicted molar refractivity (Wildman–Crippen MR) is 85.6 cm³/mol. The van der Waals surface area contributed by atoms with Crippen molar-refractivity contribution in [2.24, 2.45) is 5.92 Å². The van der Waals surface area contributed by atoms with Gasteiger partial charge in [-0.05, 0) is 48.1 Å². The quantitative estimate of drug-likeness (QED) is 0.916. The maximum absolute atomic E-state index is 12.4. The van der Waals surface area contributed by atoms with Crippen LogP contribution in [0.4, 0.5) is 0 Å². The van der Waals surface area contributed by atoms with E-state index >= 15 is 0 Å². The topological polar surface area (TPSA) is 66.4 Å². The van der Waals surface area contributed by atoms with Crippen molar-refractivity contribution in [1.29, 1.82) is 0 Å². The van der Waals surface area contributed by atoms with Crippen molar-refractivity contribution < 1.29 is 14.7 Å². The van der Waals surface area contributed by atoms with Gasteiger partial charge in [-0.15, -0.1) is 0 Å². The normalized spacial score (nSPS) is 24.3. The van der Waals surface area contributed by atoms with E-state index in [1.54, 1.807) is 12.1 Å². The van der Waals surface area contributed by atoms with Crippen molar-refractivity contribution in [3.63, 3.8) is 0 Å². The number of benzene rings is 2. The van der Waals surface area contributed by atoms with Gasteiger partial charge in [-0.25, -0.2) is 4.79 Å². The maximum atomic E-state index is 12.4. The highest BCUT2D eigenvalue weighted by atomic mass is 16.4. The van der Waals surface area contributed by atoms with E-state index in [9.17, 15) is 9.59 Å². The summed E-state index contributed by atoms with van der Waals surface area (Å²) in [5, 5.41) is 12.1. The summed E-state index contributed by atoms with van der Waals surface area (Å²) in [6.07, 6.45) is 2.17. The van der Waals surface area contributed by atoms with E-state index in [1.807, 2.05) is 0 Å². The van der Waals surface area contributed by atoms with E-state index in [1.165, 1.54) is 23.3 Å². The summed E-state index contributed by atoms with van der Waals surface area (Å²) in [5.41, 5.74) is 3.28. The average Bonchev–Trinajstić information content (AvgIpc) is 3.28. The minimum absolute atomic E-state index is 0.135. The standard InChI is InChI=1S/C19H17NO3/c21-18(12-5-3-6-13(10-12)19(22)23)20-17-15-9-8-11-4-1-2-7-14(11)16(15)17/h1-7,10,15-17H,8-9H2,(H,20,21)(H,22,23). The van der Waals surface area contributed by atoms with Gasteiger partial charge in [0.25, 0.3) is 5.91 Å². The highest BCUT2D eigenvalue weighted by Crippen LogP contribution is 2.54. The van der Waals surface area contributed by atoms with Crippen molar-refractivity contribution in [2.45, 2.75) is 24.8 Å². The molecule has 2 aliphatic carbocycles. The molecule has 0 bridgehead atoms. The van der Waals surface area contributed by atoms with Gasteiger partial charge in [0.05, 0.1) is 5.56 Å². The molecule has 0 radical (unpaired) electrons. The number of hydrogen-bond acceptors (Lipinski definition) is 2. The molecular formula is C19H17NO3. The van der Waals surface area contributed by atoms with E-state index in [2.05, 4.69) is 29.6 Å². The molecule has 23 heavy (non-hydrogen) atoms. The zero-order valence-corrected chi connectivity index (χ0v) is 12.5. The van der Waals surface area contributed by atoms with Gasteiger partial charge in [0.15, 0.2) is 0 Å². The Hall–Kier alpha value is -2.62. The molecule has 1 amide bonds. The van der Waals surface area contributed by atoms with Gasteiger partial charge in [-0.3, -0.25) is 4.79 Å². The Morgan fingerprint density at radius 1 is 1.04 bits per heavy atom. The van der Waals surface area contributed by atoms with Crippen LogP contribution in [0.3, 0.4) is 0 Å². The molecule has 2 aromatic rings. The van der Waals surface area contributed by atoms with Crippen molar-refractivity contribution in [3.05, 3.63) is 70.8 Å². The number of carbonyl (C=O) groups is 2. The van der Waals surface area contributed by atoms with Crippen LogP contribution in [0, 0.1) is 5.92 Å². The lowest BCUT2D eigenvalue weighted by Crippen LogP contribution is -2.27. The number of fused-ring (bicyclic) bond motifs is 3. The Morgan fingerprint density at radius 2 is 1.83 bits per heavy atom. The lowest BCUT2D eigenvalue weighted by molar-refractivity contribution is 0.0697. The first kappa shape index (κ1) is 14.0. The Balaban J connectivity index is 1.51. The van der Waals surface area contributed by atoms with Crippen LogP contribution in [0.25, 0.3) is 0 Å². The molecule has 3 unspecified atom stereocenters. The number of carboxylic acids is 1. The van der Waals surface area contributed by atoms with E-state index in [4.69, 9.17) is 5.11 Å². The molecule has 4 nitrogen and oxygen atoms in total. The summed E-state index contributed by atoms with van der Waals surface area (Å²) in [4.78, 5) is 23.4. The lowest BCUT2D eigenvalue weighted by Gasteiger charge is -2.13. The highest BCUT2D eigenvalue weighted by Gasteiger charge is 2.53. The second-order valence-corrected chi connectivity index (χ2v) is 6.31. The van der Waals surface area contributed by atoms with Crippen LogP contribution >= 0.6 is 0 Å². The van der Waals surface area contributed by atoms with Crippen LogP contribution in [0.2, 0.25) is 0 Å². The molecule has 2 N–H and O–H groups in total. The molecule has 4 rings (SSSR count). The van der Waals surface area contributed by atoms with Crippen LogP contribution in [-0.2, 0) is 6.42 Å². The van der Waals surface area contributed by atoms with Gasteiger partial charge < -0.3 is 10.4 Å². The third-order valence-corrected chi connectivity index (χ3v) is 5.00. The van der Waals surface area contributed by atoms with Gasteiger partial charge in [-0.1, -0.05) is 30.3 Å². The number of carbonyl (C=O) groups excluding carboxylic acids is 1. The van der Waals surface area contributed by atoms with Gasteiger partial charge in [0, 0.05) is 17.5 Å². The van der Waals surface area contributed by atoms with E-state index in [0.717, 1.165) is 12.8 Å². The smallest absolute Gasteiger partial charge is 0.335 e. The fourth-order valence-electron chi connectivity index (χ4n) is 3.79. The van der Waals surface area contributed by atoms with Crippen molar-refractivity contribution in [3.8, 4) is 0 Å². The molecule has 1 fully saturated rings. The number of rotatable bonds is 3. The monoisotopic (exact) mass is 307 g/mol. The van der Waals surface area contributed by atoms with E-state index in [-0.39, 0.29) is 17.5 Å². The molecule has 0 heterocycles. The van der Waals surface area contributed by atoms with E-state index < -0.39 is 5.97 Å². The van der Waals surface area contributed by atoms with Crippen LogP contribution < -0.4 is 5.32 Å². The maximum Gasteiger partial charge on any atom is 0.335 e. The fraction of sp³-hybridized carbons (Fsp3) is 0.263. The van der Waals surface area contributed by atoms with Crippen molar-refractivity contribution >= 4 is 11.9 Å².